The van der Waals surface area contributed by atoms with Crippen molar-refractivity contribution in [1.29, 1.82) is 0 Å². The van der Waals surface area contributed by atoms with Crippen molar-refractivity contribution < 1.29 is 14.2 Å². The Morgan fingerprint density at radius 2 is 1.56 bits per heavy atom. The molecule has 0 spiro atoms. The van der Waals surface area contributed by atoms with Gasteiger partial charge in [-0.3, -0.25) is 0 Å². The van der Waals surface area contributed by atoms with Crippen LogP contribution in [-0.2, 0) is 0 Å². The maximum atomic E-state index is 6.08. The van der Waals surface area contributed by atoms with Crippen molar-refractivity contribution in [2.45, 2.75) is 5.50 Å². The molecule has 0 amide bonds. The Morgan fingerprint density at radius 3 is 1.88 bits per heavy atom. The summed E-state index contributed by atoms with van der Waals surface area (Å²) in [6.07, 6.45) is 0. The lowest BCUT2D eigenvalue weighted by atomic mass is 10.1. The third-order valence-electron chi connectivity index (χ3n) is 2.23. The third kappa shape index (κ3) is 2.51. The third-order valence-corrected chi connectivity index (χ3v) is 2.70. The van der Waals surface area contributed by atoms with Gasteiger partial charge in [0.2, 0.25) is 5.75 Å². The molecule has 0 bridgehead atoms. The number of benzene rings is 1. The summed E-state index contributed by atoms with van der Waals surface area (Å²) < 4.78 is 15.7. The van der Waals surface area contributed by atoms with Crippen LogP contribution in [0.1, 0.15) is 11.1 Å². The molecular formula is C11H16ClNO3. The molecule has 1 aromatic carbocycles. The van der Waals surface area contributed by atoms with Crippen LogP contribution in [0, 0.1) is 0 Å². The van der Waals surface area contributed by atoms with Crippen LogP contribution in [0.15, 0.2) is 12.1 Å². The number of methoxy groups -OCH3 is 3. The van der Waals surface area contributed by atoms with Crippen molar-refractivity contribution >= 4 is 11.6 Å². The quantitative estimate of drug-likeness (QED) is 0.638. The molecule has 0 saturated carbocycles. The van der Waals surface area contributed by atoms with E-state index in [1.54, 1.807) is 28.4 Å². The summed E-state index contributed by atoms with van der Waals surface area (Å²) in [7, 11) is 6.49. The minimum absolute atomic E-state index is 0.297. The first-order valence-corrected chi connectivity index (χ1v) is 5.22. The van der Waals surface area contributed by atoms with Gasteiger partial charge in [-0.25, -0.2) is 0 Å². The van der Waals surface area contributed by atoms with E-state index in [1.165, 1.54) is 0 Å². The molecular weight excluding hydrogens is 230 g/mol. The Hall–Kier alpha value is -1.13. The molecule has 0 aliphatic carbocycles. The highest BCUT2D eigenvalue weighted by molar-refractivity contribution is 6.20. The van der Waals surface area contributed by atoms with E-state index in [9.17, 15) is 0 Å². The number of halogens is 1. The molecule has 1 unspecified atom stereocenters. The molecule has 1 aromatic rings. The van der Waals surface area contributed by atoms with E-state index in [4.69, 9.17) is 25.8 Å². The van der Waals surface area contributed by atoms with Crippen LogP contribution in [-0.4, -0.2) is 28.4 Å². The summed E-state index contributed by atoms with van der Waals surface area (Å²) >= 11 is 6.08. The lowest BCUT2D eigenvalue weighted by molar-refractivity contribution is 0.323. The van der Waals surface area contributed by atoms with Crippen molar-refractivity contribution in [3.8, 4) is 17.2 Å². The lowest BCUT2D eigenvalue weighted by Crippen LogP contribution is -2.10. The fraction of sp³-hybridized carbons (Fsp3) is 0.455. The average molecular weight is 246 g/mol. The van der Waals surface area contributed by atoms with Crippen molar-refractivity contribution in [2.24, 2.45) is 0 Å². The minimum atomic E-state index is -0.297. The maximum Gasteiger partial charge on any atom is 0.203 e. The molecule has 4 nitrogen and oxygen atoms in total. The van der Waals surface area contributed by atoms with Gasteiger partial charge in [-0.1, -0.05) is 0 Å². The van der Waals surface area contributed by atoms with Gasteiger partial charge < -0.3 is 19.5 Å². The summed E-state index contributed by atoms with van der Waals surface area (Å²) in [4.78, 5) is 0. The van der Waals surface area contributed by atoms with Gasteiger partial charge in [0.25, 0.3) is 0 Å². The summed E-state index contributed by atoms with van der Waals surface area (Å²) in [6.45, 7) is 0. The molecule has 0 saturated heterocycles. The molecule has 0 fully saturated rings. The molecule has 1 rings (SSSR count). The smallest absolute Gasteiger partial charge is 0.203 e. The number of hydrogen-bond acceptors (Lipinski definition) is 4. The summed E-state index contributed by atoms with van der Waals surface area (Å²) in [6, 6.07) is 3.63. The largest absolute Gasteiger partial charge is 0.493 e. The predicted octanol–water partition coefficient (Wildman–Crippen LogP) is 2.17. The highest BCUT2D eigenvalue weighted by Gasteiger charge is 2.16. The van der Waals surface area contributed by atoms with Gasteiger partial charge in [-0.15, -0.1) is 11.6 Å². The first-order chi connectivity index (χ1) is 7.67. The lowest BCUT2D eigenvalue weighted by Gasteiger charge is -2.16. The molecule has 1 N–H and O–H groups in total. The van der Waals surface area contributed by atoms with Gasteiger partial charge in [-0.05, 0) is 24.7 Å². The summed E-state index contributed by atoms with van der Waals surface area (Å²) in [5.74, 6) is 1.75. The Kier molecular flexibility index (Phi) is 4.71. The SMILES string of the molecule is CNC(Cl)c1cc(OC)c(OC)c(OC)c1. The van der Waals surface area contributed by atoms with Crippen molar-refractivity contribution in [2.75, 3.05) is 28.4 Å². The number of rotatable bonds is 5. The molecule has 5 heteroatoms. The van der Waals surface area contributed by atoms with Gasteiger partial charge in [-0.2, -0.15) is 0 Å². The first-order valence-electron chi connectivity index (χ1n) is 4.79. The van der Waals surface area contributed by atoms with E-state index >= 15 is 0 Å². The van der Waals surface area contributed by atoms with Crippen LogP contribution in [0.4, 0.5) is 0 Å². The van der Waals surface area contributed by atoms with Crippen LogP contribution in [0.25, 0.3) is 0 Å². The van der Waals surface area contributed by atoms with Gasteiger partial charge >= 0.3 is 0 Å². The number of alkyl halides is 1. The van der Waals surface area contributed by atoms with Gasteiger partial charge in [0.1, 0.15) is 5.50 Å². The highest BCUT2D eigenvalue weighted by atomic mass is 35.5. The summed E-state index contributed by atoms with van der Waals surface area (Å²) in [5.41, 5.74) is 0.562. The van der Waals surface area contributed by atoms with Crippen LogP contribution >= 0.6 is 11.6 Å². The Labute approximate surface area is 100 Å². The predicted molar refractivity (Wildman–Crippen MR) is 63.8 cm³/mol. The van der Waals surface area contributed by atoms with Crippen LogP contribution in [0.2, 0.25) is 0 Å². The molecule has 0 aromatic heterocycles. The van der Waals surface area contributed by atoms with Crippen LogP contribution in [0.5, 0.6) is 17.2 Å². The zero-order valence-electron chi connectivity index (χ0n) is 9.83. The zero-order valence-corrected chi connectivity index (χ0v) is 10.6. The normalized spacial score (nSPS) is 12.1. The topological polar surface area (TPSA) is 39.7 Å². The minimum Gasteiger partial charge on any atom is -0.493 e. The van der Waals surface area contributed by atoms with Crippen molar-refractivity contribution in [3.05, 3.63) is 17.7 Å². The molecule has 0 radical (unpaired) electrons. The van der Waals surface area contributed by atoms with E-state index < -0.39 is 0 Å². The molecule has 0 aliphatic rings. The first kappa shape index (κ1) is 12.9. The second-order valence-electron chi connectivity index (χ2n) is 3.11. The Balaban J connectivity index is 3.25. The molecule has 1 atom stereocenters. The number of nitrogens with one attached hydrogen (secondary N) is 1. The summed E-state index contributed by atoms with van der Waals surface area (Å²) in [5, 5.41) is 2.93. The van der Waals surface area contributed by atoms with Gasteiger partial charge in [0.15, 0.2) is 11.5 Å². The van der Waals surface area contributed by atoms with Crippen molar-refractivity contribution in [1.82, 2.24) is 5.32 Å². The van der Waals surface area contributed by atoms with Gasteiger partial charge in [0, 0.05) is 0 Å². The van der Waals surface area contributed by atoms with Gasteiger partial charge in [0.05, 0.1) is 21.3 Å². The van der Waals surface area contributed by atoms with E-state index in [2.05, 4.69) is 5.32 Å². The second-order valence-corrected chi connectivity index (χ2v) is 3.55. The molecule has 90 valence electrons. The second kappa shape index (κ2) is 5.82. The van der Waals surface area contributed by atoms with Crippen LogP contribution < -0.4 is 19.5 Å². The number of hydrogen-bond donors (Lipinski definition) is 1. The van der Waals surface area contributed by atoms with E-state index in [0.29, 0.717) is 17.2 Å². The Morgan fingerprint density at radius 1 is 1.06 bits per heavy atom. The Bertz CT molecular complexity index is 332. The van der Waals surface area contributed by atoms with E-state index in [1.807, 2.05) is 12.1 Å². The molecule has 16 heavy (non-hydrogen) atoms. The average Bonchev–Trinajstić information content (AvgIpc) is 2.35. The fourth-order valence-corrected chi connectivity index (χ4v) is 1.54. The fourth-order valence-electron chi connectivity index (χ4n) is 1.41. The maximum absolute atomic E-state index is 6.08. The zero-order chi connectivity index (χ0) is 12.1. The standard InChI is InChI=1S/C11H16ClNO3/c1-13-11(12)7-5-8(14-2)10(16-4)9(6-7)15-3/h5-6,11,13H,1-4H3. The molecule has 0 heterocycles. The monoisotopic (exact) mass is 245 g/mol. The molecule has 0 aliphatic heterocycles. The number of ether oxygens (including phenoxy) is 3. The van der Waals surface area contributed by atoms with Crippen LogP contribution in [0.3, 0.4) is 0 Å². The van der Waals surface area contributed by atoms with E-state index in [0.717, 1.165) is 5.56 Å². The van der Waals surface area contributed by atoms with E-state index in [-0.39, 0.29) is 5.50 Å². The highest BCUT2D eigenvalue weighted by Crippen LogP contribution is 2.40. The van der Waals surface area contributed by atoms with Crippen molar-refractivity contribution in [3.63, 3.8) is 0 Å².